The van der Waals surface area contributed by atoms with Crippen LogP contribution in [0.1, 0.15) is 281 Å². The van der Waals surface area contributed by atoms with Gasteiger partial charge in [-0.25, -0.2) is 4.79 Å². The summed E-state index contributed by atoms with van der Waals surface area (Å²) >= 11 is 0. The maximum atomic E-state index is 14.3. The molecule has 0 spiro atoms. The lowest BCUT2D eigenvalue weighted by Crippen LogP contribution is -2.61. The molecule has 0 radical (unpaired) electrons. The highest BCUT2D eigenvalue weighted by Gasteiger charge is 2.53. The number of piperidine rings is 1. The highest BCUT2D eigenvalue weighted by atomic mass is 16.6. The van der Waals surface area contributed by atoms with Gasteiger partial charge in [0, 0.05) is 49.7 Å². The number of ether oxygens (including phenoxy) is 2. The van der Waals surface area contributed by atoms with Crippen molar-refractivity contribution in [2.45, 2.75) is 324 Å². The van der Waals surface area contributed by atoms with Gasteiger partial charge in [-0.15, -0.1) is 0 Å². The number of hydrogen-bond acceptors (Lipinski definition) is 13. The fourth-order valence-electron chi connectivity index (χ4n) is 10.0. The van der Waals surface area contributed by atoms with E-state index in [0.717, 1.165) is 4.90 Å². The molecule has 528 valence electrons. The van der Waals surface area contributed by atoms with E-state index in [-0.39, 0.29) is 224 Å². The van der Waals surface area contributed by atoms with E-state index in [1.807, 2.05) is 26.0 Å². The topological polar surface area (TPSA) is 228 Å². The lowest BCUT2D eigenvalue weighted by molar-refractivity contribution is -0.265. The summed E-state index contributed by atoms with van der Waals surface area (Å²) in [5.74, 6) is -10.0. The second kappa shape index (κ2) is 60.9. The molecule has 1 saturated carbocycles. The van der Waals surface area contributed by atoms with E-state index in [1.165, 1.54) is 0 Å². The molecule has 1 aliphatic carbocycles. The number of hydrogen-bond donors (Lipinski definition) is 6. The van der Waals surface area contributed by atoms with Crippen LogP contribution in [0.5, 0.6) is 0 Å². The number of esters is 1. The summed E-state index contributed by atoms with van der Waals surface area (Å²) in [5.41, 5.74) is 0.941. The molecule has 4 aliphatic rings. The van der Waals surface area contributed by atoms with E-state index in [0.29, 0.717) is 68.9 Å². The number of carbonyl (C=O) groups is 5. The van der Waals surface area contributed by atoms with Crippen molar-refractivity contribution in [2.75, 3.05) is 19.8 Å². The van der Waals surface area contributed by atoms with Gasteiger partial charge in [-0.3, -0.25) is 19.2 Å². The molecule has 14 nitrogen and oxygen atoms in total. The van der Waals surface area contributed by atoms with E-state index in [2.05, 4.69) is 0 Å². The first kappa shape index (κ1) is 131. The molecule has 0 aromatic rings. The number of nitrogens with zero attached hydrogens (tertiary/aromatic N) is 1. The Labute approximate surface area is 534 Å². The molecule has 1 unspecified atom stereocenters. The summed E-state index contributed by atoms with van der Waals surface area (Å²) in [7, 11) is 0. The van der Waals surface area contributed by atoms with Gasteiger partial charge in [0.1, 0.15) is 23.7 Å². The van der Waals surface area contributed by atoms with Crippen molar-refractivity contribution in [3.8, 4) is 0 Å². The molecule has 3 fully saturated rings. The lowest BCUT2D eigenvalue weighted by Gasteiger charge is -2.42. The van der Waals surface area contributed by atoms with Crippen molar-refractivity contribution in [1.29, 1.82) is 0 Å². The number of fused-ring (bicyclic) bond motifs is 3. The van der Waals surface area contributed by atoms with Gasteiger partial charge in [0.25, 0.3) is 11.7 Å². The van der Waals surface area contributed by atoms with Crippen LogP contribution in [0, 0.1) is 47.3 Å². The molecule has 4 rings (SSSR count). The highest BCUT2D eigenvalue weighted by Crippen LogP contribution is 2.38. The molecule has 0 aromatic carbocycles. The van der Waals surface area contributed by atoms with E-state index in [4.69, 9.17) is 9.47 Å². The van der Waals surface area contributed by atoms with E-state index < -0.39 is 90.3 Å². The predicted octanol–water partition coefficient (Wildman–Crippen LogP) is 18.1. The van der Waals surface area contributed by atoms with E-state index in [9.17, 15) is 54.6 Å². The zero-order valence-electron chi connectivity index (χ0n) is 39.1. The summed E-state index contributed by atoms with van der Waals surface area (Å²) in [4.78, 5) is 71.3. The van der Waals surface area contributed by atoms with Crippen molar-refractivity contribution in [3.05, 3.63) is 47.6 Å². The number of cyclic esters (lactones) is 1. The maximum Gasteiger partial charge on any atom is 0.329 e. The Hall–Kier alpha value is -3.37. The Morgan fingerprint density at radius 3 is 1.71 bits per heavy atom. The van der Waals surface area contributed by atoms with Crippen molar-refractivity contribution >= 4 is 29.2 Å². The molecule has 3 aliphatic heterocycles. The van der Waals surface area contributed by atoms with Gasteiger partial charge in [-0.2, -0.15) is 0 Å². The highest BCUT2D eigenvalue weighted by molar-refractivity contribution is 6.39. The molecular weight excluding hydrogens is 1070 g/mol. The van der Waals surface area contributed by atoms with Gasteiger partial charge < -0.3 is 45.0 Å². The van der Waals surface area contributed by atoms with Gasteiger partial charge in [0.05, 0.1) is 36.9 Å². The van der Waals surface area contributed by atoms with Crippen LogP contribution in [0.4, 0.5) is 0 Å². The van der Waals surface area contributed by atoms with Gasteiger partial charge in [0.15, 0.2) is 0 Å². The van der Waals surface area contributed by atoms with Crippen molar-refractivity contribution < 1.29 is 64.1 Å². The first-order valence-electron chi connectivity index (χ1n) is 23.7. The third kappa shape index (κ3) is 35.4. The molecular formula is C71H161NO13. The van der Waals surface area contributed by atoms with E-state index >= 15 is 0 Å². The second-order valence-electron chi connectivity index (χ2n) is 19.7. The summed E-state index contributed by atoms with van der Waals surface area (Å²) < 4.78 is 12.2. The van der Waals surface area contributed by atoms with Gasteiger partial charge >= 0.3 is 5.97 Å². The minimum atomic E-state index is -2.50. The molecule has 2 saturated heterocycles. The fourth-order valence-corrected chi connectivity index (χ4v) is 10.0. The molecule has 1 amide bonds. The largest absolute Gasteiger partial charge is 0.460 e. The van der Waals surface area contributed by atoms with Crippen LogP contribution in [0.15, 0.2) is 47.6 Å². The molecule has 85 heavy (non-hydrogen) atoms. The molecule has 2 bridgehead atoms. The molecule has 15 atom stereocenters. The van der Waals surface area contributed by atoms with Crippen LogP contribution in [0.2, 0.25) is 0 Å². The number of Topliss-reactive ketones (excluding diaryl/α,β-unsaturated/α-hetero) is 3. The first-order chi connectivity index (χ1) is 30.2. The Bertz CT molecular complexity index is 1740. The molecule has 6 N–H and O–H groups in total. The smallest absolute Gasteiger partial charge is 0.329 e. The third-order valence-corrected chi connectivity index (χ3v) is 14.5. The number of allylic oxidation sites excluding steroid dienone is 6. The molecule has 14 heteroatoms. The van der Waals surface area contributed by atoms with Crippen LogP contribution in [-0.4, -0.2) is 127 Å². The van der Waals surface area contributed by atoms with Crippen LogP contribution in [0.25, 0.3) is 0 Å². The van der Waals surface area contributed by atoms with Crippen molar-refractivity contribution in [1.82, 2.24) is 4.90 Å². The minimum Gasteiger partial charge on any atom is -0.460 e. The average molecular weight is 1240 g/mol. The van der Waals surface area contributed by atoms with Gasteiger partial charge in [-0.1, -0.05) is 227 Å². The zero-order chi connectivity index (χ0) is 47.5. The molecule has 0 aromatic heterocycles. The Morgan fingerprint density at radius 1 is 0.647 bits per heavy atom. The third-order valence-electron chi connectivity index (χ3n) is 14.5. The standard InChI is InChI=1S/C50H77NO13.21CH4/c1-29-13-9-8-10-14-30(2)42(55)25-38-18-16-35(7)50(62,64-38)47(59)48(60)51-20-12-11-15-40(51)49(61)63-44(32(4)23-36-17-19-41(54)37(24-36)27-52)26-43(56)31(3)22-34(6)46(58)39(28-53)45(57)33(5)21-29;;;;;;;;;;;;;;;;;;;;;/h8-10,13-14,22,29,31-33,35-42,44,46,52-55,58,62H,11-12,15-21,23-28H2,1-7H3;21*1H4/b10-8+,13-9+,30-14+,34-22+;;;;;;;;;;;;;;;;;;;;;/t29-,31-,32-,33-,35-,36+,37+,38+,39+,40+,41-,42?,44+,46-,50+;;;;;;;;;;;;;;;;;;;;;/m1...................../s1. The van der Waals surface area contributed by atoms with Gasteiger partial charge in [0.2, 0.25) is 5.79 Å². The normalized spacial score (nSPS) is 30.8. The lowest BCUT2D eigenvalue weighted by atomic mass is 9.75. The second-order valence-corrected chi connectivity index (χ2v) is 19.7. The monoisotopic (exact) mass is 1240 g/mol. The van der Waals surface area contributed by atoms with Crippen LogP contribution in [0.3, 0.4) is 0 Å². The number of aliphatic hydroxyl groups excluding tert-OH is 5. The van der Waals surface area contributed by atoms with Crippen molar-refractivity contribution in [3.63, 3.8) is 0 Å². The van der Waals surface area contributed by atoms with Gasteiger partial charge in [-0.05, 0) is 107 Å². The number of ketones is 3. The van der Waals surface area contributed by atoms with Crippen LogP contribution in [-0.2, 0) is 33.4 Å². The predicted molar refractivity (Wildman–Crippen MR) is 381 cm³/mol. The zero-order valence-corrected chi connectivity index (χ0v) is 39.1. The average Bonchev–Trinajstić information content (AvgIpc) is 3.26. The minimum absolute atomic E-state index is 0. The van der Waals surface area contributed by atoms with E-state index in [1.54, 1.807) is 58.9 Å². The number of carbonyl (C=O) groups excluding carboxylic acids is 5. The number of amides is 1. The Balaban J connectivity index is -0.000000134. The van der Waals surface area contributed by atoms with Crippen molar-refractivity contribution in [2.24, 2.45) is 47.3 Å². The van der Waals surface area contributed by atoms with Crippen LogP contribution >= 0.6 is 0 Å². The fraction of sp³-hybridized carbons (Fsp3) is 0.817. The number of rotatable bonds is 5. The summed E-state index contributed by atoms with van der Waals surface area (Å²) in [5, 5.41) is 64.9. The maximum absolute atomic E-state index is 14.3. The SMILES string of the molecule is C.C.C.C.C.C.C.C.C.C.C.C.C.C.C.C.C.C.C.C.C.C\C1=C/C=C/C=C/[C@@H](C)C[C@@H](C)C(=O)[C@H](CO)[C@H](O)/C(C)=C/[C@@H](C)C(=O)C[C@@H]([C@H](C)C[C@@H]2CC[C@@H](O)[C@H](CO)C2)OC(=O)[C@@H]2CCCCN2C(=O)C(=O)[C@@]2(O)O[C@@H](CC[C@H]2C)CC1O. The first-order valence-corrected chi connectivity index (χ1v) is 23.7. The Kier molecular flexibility index (Phi) is 93.9. The number of aliphatic hydroxyl groups is 6. The molecule has 3 heterocycles. The summed E-state index contributed by atoms with van der Waals surface area (Å²) in [6.45, 7) is 11.5. The summed E-state index contributed by atoms with van der Waals surface area (Å²) in [6.07, 6.45) is 10.4. The quantitative estimate of drug-likeness (QED) is 0.0856. The Morgan fingerprint density at radius 2 is 1.19 bits per heavy atom. The van der Waals surface area contributed by atoms with Crippen LogP contribution < -0.4 is 0 Å². The summed E-state index contributed by atoms with van der Waals surface area (Å²) in [6, 6.07) is -1.18.